The number of benzene rings is 2. The standard InChI is InChI=1S/C23H30N2O5S/c1-5-19(17-10-11-21(29-3)22(15-17)30-4)24-23(26)18-9-8-16(2)20(14-18)25-12-6-7-13-31(25,27)28/h8-11,14-15,19H,5-7,12-13H2,1-4H3,(H,24,26). The molecule has 0 radical (unpaired) electrons. The molecule has 168 valence electrons. The van der Waals surface area contributed by atoms with Gasteiger partial charge in [0.25, 0.3) is 5.91 Å². The zero-order valence-electron chi connectivity index (χ0n) is 18.5. The number of aryl methyl sites for hydroxylation is 1. The highest BCUT2D eigenvalue weighted by Crippen LogP contribution is 2.32. The van der Waals surface area contributed by atoms with E-state index in [1.54, 1.807) is 32.4 Å². The van der Waals surface area contributed by atoms with E-state index in [1.165, 1.54) is 4.31 Å². The summed E-state index contributed by atoms with van der Waals surface area (Å²) in [6, 6.07) is 10.5. The molecule has 0 spiro atoms. The zero-order chi connectivity index (χ0) is 22.6. The summed E-state index contributed by atoms with van der Waals surface area (Å²) in [5, 5.41) is 3.06. The van der Waals surface area contributed by atoms with Crippen molar-refractivity contribution in [3.8, 4) is 11.5 Å². The van der Waals surface area contributed by atoms with E-state index in [1.807, 2.05) is 32.0 Å². The third-order valence-corrected chi connectivity index (χ3v) is 7.47. The molecule has 8 heteroatoms. The maximum Gasteiger partial charge on any atom is 0.251 e. The minimum Gasteiger partial charge on any atom is -0.493 e. The predicted molar refractivity (Wildman–Crippen MR) is 122 cm³/mol. The van der Waals surface area contributed by atoms with E-state index in [-0.39, 0.29) is 17.7 Å². The topological polar surface area (TPSA) is 84.9 Å². The second-order valence-corrected chi connectivity index (χ2v) is 9.66. The average molecular weight is 447 g/mol. The van der Waals surface area contributed by atoms with Gasteiger partial charge in [-0.25, -0.2) is 8.42 Å². The van der Waals surface area contributed by atoms with E-state index in [4.69, 9.17) is 9.47 Å². The zero-order valence-corrected chi connectivity index (χ0v) is 19.3. The fraction of sp³-hybridized carbons (Fsp3) is 0.435. The Balaban J connectivity index is 1.86. The highest BCUT2D eigenvalue weighted by molar-refractivity contribution is 7.92. The molecule has 1 aliphatic rings. The summed E-state index contributed by atoms with van der Waals surface area (Å²) < 4.78 is 37.2. The van der Waals surface area contributed by atoms with Crippen LogP contribution in [0.5, 0.6) is 11.5 Å². The van der Waals surface area contributed by atoms with E-state index in [0.29, 0.717) is 42.1 Å². The number of carbonyl (C=O) groups excluding carboxylic acids is 1. The number of methoxy groups -OCH3 is 2. The van der Waals surface area contributed by atoms with Crippen LogP contribution >= 0.6 is 0 Å². The third kappa shape index (κ3) is 4.95. The van der Waals surface area contributed by atoms with Crippen molar-refractivity contribution < 1.29 is 22.7 Å². The van der Waals surface area contributed by atoms with Crippen molar-refractivity contribution in [3.05, 3.63) is 53.1 Å². The highest BCUT2D eigenvalue weighted by Gasteiger charge is 2.28. The molecule has 31 heavy (non-hydrogen) atoms. The molecule has 0 aliphatic carbocycles. The number of rotatable bonds is 7. The number of sulfonamides is 1. The average Bonchev–Trinajstić information content (AvgIpc) is 2.77. The van der Waals surface area contributed by atoms with Crippen LogP contribution in [0.4, 0.5) is 5.69 Å². The summed E-state index contributed by atoms with van der Waals surface area (Å²) in [5.74, 6) is 1.11. The second kappa shape index (κ2) is 9.60. The number of hydrogen-bond acceptors (Lipinski definition) is 5. The number of ether oxygens (including phenoxy) is 2. The minimum absolute atomic E-state index is 0.139. The van der Waals surface area contributed by atoms with E-state index in [9.17, 15) is 13.2 Å². The van der Waals surface area contributed by atoms with Gasteiger partial charge < -0.3 is 14.8 Å². The SMILES string of the molecule is CCC(NC(=O)c1ccc(C)c(N2CCCCS2(=O)=O)c1)c1ccc(OC)c(OC)c1. The van der Waals surface area contributed by atoms with Crippen molar-refractivity contribution >= 4 is 21.6 Å². The van der Waals surface area contributed by atoms with E-state index < -0.39 is 10.0 Å². The maximum absolute atomic E-state index is 13.0. The van der Waals surface area contributed by atoms with Crippen LogP contribution in [0.3, 0.4) is 0 Å². The Morgan fingerprint density at radius 3 is 2.48 bits per heavy atom. The Hall–Kier alpha value is -2.74. The van der Waals surface area contributed by atoms with Gasteiger partial charge >= 0.3 is 0 Å². The van der Waals surface area contributed by atoms with Crippen LogP contribution in [0.1, 0.15) is 53.7 Å². The fourth-order valence-corrected chi connectivity index (χ4v) is 5.50. The molecule has 1 amide bonds. The van der Waals surface area contributed by atoms with Gasteiger partial charge in [0.15, 0.2) is 11.5 Å². The van der Waals surface area contributed by atoms with Crippen LogP contribution in [0.15, 0.2) is 36.4 Å². The molecule has 2 aromatic rings. The summed E-state index contributed by atoms with van der Waals surface area (Å²) in [7, 11) is -0.200. The molecule has 1 fully saturated rings. The van der Waals surface area contributed by atoms with Crippen LogP contribution < -0.4 is 19.1 Å². The summed E-state index contributed by atoms with van der Waals surface area (Å²) in [6.45, 7) is 4.29. The van der Waals surface area contributed by atoms with Crippen LogP contribution in [-0.2, 0) is 10.0 Å². The van der Waals surface area contributed by atoms with Crippen LogP contribution in [0.25, 0.3) is 0 Å². The Labute approximate surface area is 184 Å². The molecule has 1 atom stereocenters. The van der Waals surface area contributed by atoms with Gasteiger partial charge in [0.2, 0.25) is 10.0 Å². The lowest BCUT2D eigenvalue weighted by molar-refractivity contribution is 0.0935. The molecular formula is C23H30N2O5S. The first kappa shape index (κ1) is 22.9. The summed E-state index contributed by atoms with van der Waals surface area (Å²) in [6.07, 6.45) is 2.16. The van der Waals surface area contributed by atoms with Gasteiger partial charge in [-0.05, 0) is 61.6 Å². The van der Waals surface area contributed by atoms with Crippen molar-refractivity contribution in [1.82, 2.24) is 5.32 Å². The first-order valence-electron chi connectivity index (χ1n) is 10.4. The quantitative estimate of drug-likeness (QED) is 0.699. The van der Waals surface area contributed by atoms with Gasteiger partial charge in [0.1, 0.15) is 0 Å². The molecule has 1 heterocycles. The highest BCUT2D eigenvalue weighted by atomic mass is 32.2. The first-order chi connectivity index (χ1) is 14.8. The summed E-state index contributed by atoms with van der Waals surface area (Å²) in [4.78, 5) is 13.0. The van der Waals surface area contributed by atoms with Gasteiger partial charge in [-0.1, -0.05) is 19.1 Å². The van der Waals surface area contributed by atoms with Crippen LogP contribution in [-0.4, -0.2) is 40.8 Å². The minimum atomic E-state index is -3.35. The third-order valence-electron chi connectivity index (χ3n) is 5.61. The molecule has 7 nitrogen and oxygen atoms in total. The lowest BCUT2D eigenvalue weighted by Gasteiger charge is -2.30. The van der Waals surface area contributed by atoms with E-state index >= 15 is 0 Å². The number of hydrogen-bond donors (Lipinski definition) is 1. The molecule has 0 aromatic heterocycles. The lowest BCUT2D eigenvalue weighted by Crippen LogP contribution is -2.38. The molecular weight excluding hydrogens is 416 g/mol. The molecule has 1 aliphatic heterocycles. The largest absolute Gasteiger partial charge is 0.493 e. The number of nitrogens with zero attached hydrogens (tertiary/aromatic N) is 1. The number of carbonyl (C=O) groups is 1. The number of nitrogens with one attached hydrogen (secondary N) is 1. The predicted octanol–water partition coefficient (Wildman–Crippen LogP) is 3.82. The Morgan fingerprint density at radius 2 is 1.84 bits per heavy atom. The molecule has 1 N–H and O–H groups in total. The Kier molecular flexibility index (Phi) is 7.10. The van der Waals surface area contributed by atoms with Crippen molar-refractivity contribution in [1.29, 1.82) is 0 Å². The molecule has 1 saturated heterocycles. The summed E-state index contributed by atoms with van der Waals surface area (Å²) in [5.41, 5.74) is 2.74. The Morgan fingerprint density at radius 1 is 1.10 bits per heavy atom. The number of amides is 1. The number of anilines is 1. The molecule has 0 bridgehead atoms. The monoisotopic (exact) mass is 446 g/mol. The van der Waals surface area contributed by atoms with Crippen molar-refractivity contribution in [2.24, 2.45) is 0 Å². The van der Waals surface area contributed by atoms with Crippen LogP contribution in [0.2, 0.25) is 0 Å². The maximum atomic E-state index is 13.0. The van der Waals surface area contributed by atoms with Crippen molar-refractivity contribution in [3.63, 3.8) is 0 Å². The molecule has 3 rings (SSSR count). The van der Waals surface area contributed by atoms with Crippen molar-refractivity contribution in [2.45, 2.75) is 39.2 Å². The van der Waals surface area contributed by atoms with Crippen LogP contribution in [0, 0.1) is 6.92 Å². The smallest absolute Gasteiger partial charge is 0.251 e. The fourth-order valence-electron chi connectivity index (χ4n) is 3.81. The summed E-state index contributed by atoms with van der Waals surface area (Å²) >= 11 is 0. The second-order valence-electron chi connectivity index (χ2n) is 7.65. The van der Waals surface area contributed by atoms with Gasteiger partial charge in [-0.2, -0.15) is 0 Å². The van der Waals surface area contributed by atoms with Gasteiger partial charge in [0.05, 0.1) is 31.7 Å². The first-order valence-corrected chi connectivity index (χ1v) is 12.1. The molecule has 0 saturated carbocycles. The lowest BCUT2D eigenvalue weighted by atomic mass is 10.0. The molecule has 1 unspecified atom stereocenters. The normalized spacial score (nSPS) is 16.5. The van der Waals surface area contributed by atoms with E-state index in [2.05, 4.69) is 5.32 Å². The Bertz CT molecular complexity index is 1050. The van der Waals surface area contributed by atoms with Gasteiger partial charge in [-0.3, -0.25) is 9.10 Å². The van der Waals surface area contributed by atoms with Gasteiger partial charge in [0, 0.05) is 12.1 Å². The van der Waals surface area contributed by atoms with Gasteiger partial charge in [-0.15, -0.1) is 0 Å². The van der Waals surface area contributed by atoms with E-state index in [0.717, 1.165) is 17.5 Å². The molecule has 2 aromatic carbocycles. The van der Waals surface area contributed by atoms with Crippen molar-refractivity contribution in [2.75, 3.05) is 30.8 Å².